The van der Waals surface area contributed by atoms with E-state index in [-0.39, 0.29) is 17.8 Å². The van der Waals surface area contributed by atoms with Gasteiger partial charge in [-0.15, -0.1) is 11.3 Å². The number of thiophene rings is 1. The van der Waals surface area contributed by atoms with Crippen molar-refractivity contribution in [2.75, 3.05) is 0 Å². The molecule has 0 saturated heterocycles. The molecular weight excluding hydrogens is 325 g/mol. The monoisotopic (exact) mass is 343 g/mol. The highest BCUT2D eigenvalue weighted by Crippen LogP contribution is 2.28. The highest BCUT2D eigenvalue weighted by molar-refractivity contribution is 7.17. The third kappa shape index (κ3) is 2.51. The lowest BCUT2D eigenvalue weighted by Crippen LogP contribution is -2.29. The number of fused-ring (bicyclic) bond motifs is 2. The Labute approximate surface area is 143 Å². The Balaban J connectivity index is 1.60. The van der Waals surface area contributed by atoms with E-state index in [9.17, 15) is 9.18 Å². The standard InChI is InChI=1S/C18H18FN3OS/c1-11(15-10-20-16-4-2-3-8-22(15)16)21-18(23)13-5-6-14(19)12-7-9-24-17(12)13/h5-7,9-11H,2-4,8H2,1H3,(H,21,23). The second-order valence-electron chi connectivity index (χ2n) is 6.16. The maximum absolute atomic E-state index is 13.8. The fourth-order valence-corrected chi connectivity index (χ4v) is 4.26. The number of imidazole rings is 1. The van der Waals surface area contributed by atoms with Gasteiger partial charge in [0.15, 0.2) is 0 Å². The average Bonchev–Trinajstić information content (AvgIpc) is 3.22. The SMILES string of the molecule is CC(NC(=O)c1ccc(F)c2ccsc12)c1cnc2n1CCCC2. The van der Waals surface area contributed by atoms with Gasteiger partial charge < -0.3 is 9.88 Å². The lowest BCUT2D eigenvalue weighted by Gasteiger charge is -2.20. The van der Waals surface area contributed by atoms with Crippen molar-refractivity contribution in [3.8, 4) is 0 Å². The van der Waals surface area contributed by atoms with Gasteiger partial charge in [0.05, 0.1) is 23.5 Å². The van der Waals surface area contributed by atoms with E-state index in [1.807, 2.05) is 13.1 Å². The average molecular weight is 343 g/mol. The number of carbonyl (C=O) groups excluding carboxylic acids is 1. The van der Waals surface area contributed by atoms with Crippen LogP contribution in [0.4, 0.5) is 4.39 Å². The molecule has 2 aromatic heterocycles. The zero-order valence-electron chi connectivity index (χ0n) is 13.4. The van der Waals surface area contributed by atoms with Crippen molar-refractivity contribution in [1.29, 1.82) is 0 Å². The van der Waals surface area contributed by atoms with Gasteiger partial charge in [-0.05, 0) is 43.3 Å². The number of carbonyl (C=O) groups is 1. The number of rotatable bonds is 3. The summed E-state index contributed by atoms with van der Waals surface area (Å²) in [6.07, 6.45) is 5.17. The van der Waals surface area contributed by atoms with Crippen LogP contribution in [0.2, 0.25) is 0 Å². The fourth-order valence-electron chi connectivity index (χ4n) is 3.34. The highest BCUT2D eigenvalue weighted by Gasteiger charge is 2.21. The van der Waals surface area contributed by atoms with Crippen LogP contribution in [0.1, 0.15) is 47.7 Å². The van der Waals surface area contributed by atoms with E-state index < -0.39 is 0 Å². The van der Waals surface area contributed by atoms with Crippen molar-refractivity contribution >= 4 is 27.3 Å². The Morgan fingerprint density at radius 2 is 2.25 bits per heavy atom. The van der Waals surface area contributed by atoms with Gasteiger partial charge in [-0.2, -0.15) is 0 Å². The number of aryl methyl sites for hydroxylation is 1. The van der Waals surface area contributed by atoms with Gasteiger partial charge in [-0.3, -0.25) is 4.79 Å². The third-order valence-electron chi connectivity index (χ3n) is 4.60. The highest BCUT2D eigenvalue weighted by atomic mass is 32.1. The van der Waals surface area contributed by atoms with E-state index in [4.69, 9.17) is 0 Å². The molecule has 1 aromatic carbocycles. The molecule has 0 bridgehead atoms. The minimum absolute atomic E-state index is 0.142. The minimum atomic E-state index is -0.291. The van der Waals surface area contributed by atoms with Crippen LogP contribution in [0.3, 0.4) is 0 Å². The molecule has 124 valence electrons. The molecule has 0 radical (unpaired) electrons. The van der Waals surface area contributed by atoms with Gasteiger partial charge in [-0.1, -0.05) is 0 Å². The molecule has 4 nitrogen and oxygen atoms in total. The Kier molecular flexibility index (Phi) is 3.84. The van der Waals surface area contributed by atoms with Crippen LogP contribution < -0.4 is 5.32 Å². The van der Waals surface area contributed by atoms with Crippen LogP contribution in [-0.2, 0) is 13.0 Å². The molecule has 1 N–H and O–H groups in total. The molecule has 3 aromatic rings. The second-order valence-corrected chi connectivity index (χ2v) is 7.08. The molecule has 6 heteroatoms. The predicted molar refractivity (Wildman–Crippen MR) is 92.8 cm³/mol. The van der Waals surface area contributed by atoms with Crippen molar-refractivity contribution in [2.45, 2.75) is 38.8 Å². The van der Waals surface area contributed by atoms with Crippen LogP contribution in [0.15, 0.2) is 29.8 Å². The maximum atomic E-state index is 13.8. The van der Waals surface area contributed by atoms with Gasteiger partial charge in [0, 0.05) is 23.1 Å². The van der Waals surface area contributed by atoms with Crippen molar-refractivity contribution in [3.05, 3.63) is 52.7 Å². The van der Waals surface area contributed by atoms with Crippen molar-refractivity contribution < 1.29 is 9.18 Å². The number of nitrogens with one attached hydrogen (secondary N) is 1. The first-order valence-electron chi connectivity index (χ1n) is 8.16. The first-order valence-corrected chi connectivity index (χ1v) is 9.04. The molecular formula is C18H18FN3OS. The number of halogens is 1. The van der Waals surface area contributed by atoms with Crippen LogP contribution in [0.5, 0.6) is 0 Å². The first kappa shape index (κ1) is 15.3. The third-order valence-corrected chi connectivity index (χ3v) is 5.55. The zero-order chi connectivity index (χ0) is 16.7. The predicted octanol–water partition coefficient (Wildman–Crippen LogP) is 4.06. The molecule has 0 aliphatic carbocycles. The normalized spacial score (nSPS) is 15.2. The lowest BCUT2D eigenvalue weighted by atomic mass is 10.1. The summed E-state index contributed by atoms with van der Waals surface area (Å²) in [5.74, 6) is 0.627. The molecule has 4 rings (SSSR count). The quantitative estimate of drug-likeness (QED) is 0.779. The van der Waals surface area contributed by atoms with Crippen molar-refractivity contribution in [2.24, 2.45) is 0 Å². The summed E-state index contributed by atoms with van der Waals surface area (Å²) >= 11 is 1.39. The molecule has 0 fully saturated rings. The minimum Gasteiger partial charge on any atom is -0.344 e. The van der Waals surface area contributed by atoms with E-state index in [2.05, 4.69) is 14.9 Å². The topological polar surface area (TPSA) is 46.9 Å². The summed E-state index contributed by atoms with van der Waals surface area (Å²) in [5, 5.41) is 5.34. The Morgan fingerprint density at radius 3 is 3.12 bits per heavy atom. The Morgan fingerprint density at radius 1 is 1.38 bits per heavy atom. The smallest absolute Gasteiger partial charge is 0.253 e. The van der Waals surface area contributed by atoms with E-state index >= 15 is 0 Å². The molecule has 1 aliphatic heterocycles. The van der Waals surface area contributed by atoms with Gasteiger partial charge in [0.2, 0.25) is 0 Å². The van der Waals surface area contributed by atoms with Crippen LogP contribution in [0.25, 0.3) is 10.1 Å². The molecule has 0 saturated carbocycles. The number of hydrogen-bond acceptors (Lipinski definition) is 3. The molecule has 0 spiro atoms. The summed E-state index contributed by atoms with van der Waals surface area (Å²) in [6.45, 7) is 2.92. The summed E-state index contributed by atoms with van der Waals surface area (Å²) in [7, 11) is 0. The summed E-state index contributed by atoms with van der Waals surface area (Å²) in [4.78, 5) is 17.2. The van der Waals surface area contributed by atoms with E-state index in [0.29, 0.717) is 15.6 Å². The largest absolute Gasteiger partial charge is 0.344 e. The molecule has 1 aliphatic rings. The number of nitrogens with zero attached hydrogens (tertiary/aromatic N) is 2. The van der Waals surface area contributed by atoms with E-state index in [0.717, 1.165) is 30.9 Å². The number of amides is 1. The lowest BCUT2D eigenvalue weighted by molar-refractivity contribution is 0.0940. The zero-order valence-corrected chi connectivity index (χ0v) is 14.2. The summed E-state index contributed by atoms with van der Waals surface area (Å²) < 4.78 is 16.7. The molecule has 24 heavy (non-hydrogen) atoms. The molecule has 1 atom stereocenters. The van der Waals surface area contributed by atoms with Crippen molar-refractivity contribution in [1.82, 2.24) is 14.9 Å². The van der Waals surface area contributed by atoms with Gasteiger partial charge >= 0.3 is 0 Å². The number of aromatic nitrogens is 2. The fraction of sp³-hybridized carbons (Fsp3) is 0.333. The number of benzene rings is 1. The molecule has 1 amide bonds. The second kappa shape index (κ2) is 6.02. The Hall–Kier alpha value is -2.21. The van der Waals surface area contributed by atoms with Gasteiger partial charge in [-0.25, -0.2) is 9.37 Å². The number of hydrogen-bond donors (Lipinski definition) is 1. The Bertz CT molecular complexity index is 914. The van der Waals surface area contributed by atoms with Crippen molar-refractivity contribution in [3.63, 3.8) is 0 Å². The molecule has 3 heterocycles. The van der Waals surface area contributed by atoms with Gasteiger partial charge in [0.25, 0.3) is 5.91 Å². The van der Waals surface area contributed by atoms with Gasteiger partial charge in [0.1, 0.15) is 11.6 Å². The first-order chi connectivity index (χ1) is 11.6. The van der Waals surface area contributed by atoms with E-state index in [1.54, 1.807) is 17.5 Å². The van der Waals surface area contributed by atoms with E-state index in [1.165, 1.54) is 23.8 Å². The maximum Gasteiger partial charge on any atom is 0.253 e. The summed E-state index contributed by atoms with van der Waals surface area (Å²) in [5.41, 5.74) is 1.55. The summed E-state index contributed by atoms with van der Waals surface area (Å²) in [6, 6.07) is 4.48. The van der Waals surface area contributed by atoms with Crippen LogP contribution >= 0.6 is 11.3 Å². The van der Waals surface area contributed by atoms with Crippen LogP contribution in [0, 0.1) is 5.82 Å². The molecule has 1 unspecified atom stereocenters. The van der Waals surface area contributed by atoms with Crippen LogP contribution in [-0.4, -0.2) is 15.5 Å².